The average molecular weight is 210 g/mol. The zero-order valence-corrected chi connectivity index (χ0v) is 9.64. The molecule has 0 aromatic carbocycles. The van der Waals surface area contributed by atoms with E-state index in [1.807, 2.05) is 26.0 Å². The van der Waals surface area contributed by atoms with E-state index in [1.54, 1.807) is 6.08 Å². The van der Waals surface area contributed by atoms with Gasteiger partial charge in [0.05, 0.1) is 0 Å². The zero-order valence-electron chi connectivity index (χ0n) is 15.6. The minimum atomic E-state index is -2.56. The van der Waals surface area contributed by atoms with E-state index in [-0.39, 0.29) is 0 Å². The van der Waals surface area contributed by atoms with Crippen LogP contribution in [0.15, 0.2) is 47.6 Å². The van der Waals surface area contributed by atoms with Crippen LogP contribution in [-0.2, 0) is 0 Å². The predicted octanol–water partition coefficient (Wildman–Crippen LogP) is 5.20. The van der Waals surface area contributed by atoms with Gasteiger partial charge in [0.2, 0.25) is 0 Å². The molecule has 0 aromatic rings. The Morgan fingerprint density at radius 2 is 1.93 bits per heavy atom. The lowest BCUT2D eigenvalue weighted by atomic mass is 10.1. The van der Waals surface area contributed by atoms with Crippen molar-refractivity contribution in [1.29, 1.82) is 0 Å². The number of hydrogen-bond donors (Lipinski definition) is 0. The van der Waals surface area contributed by atoms with E-state index in [0.717, 1.165) is 17.6 Å². The summed E-state index contributed by atoms with van der Waals surface area (Å²) >= 11 is 0. The molecule has 0 nitrogen and oxygen atoms in total. The van der Waals surface area contributed by atoms with Crippen LogP contribution in [0, 0.1) is 0 Å². The fourth-order valence-electron chi connectivity index (χ4n) is 1.08. The Morgan fingerprint density at radius 3 is 2.53 bits per heavy atom. The topological polar surface area (TPSA) is 0 Å². The van der Waals surface area contributed by atoms with Gasteiger partial charge < -0.3 is 0 Å². The zero-order chi connectivity index (χ0) is 16.7. The van der Waals surface area contributed by atoms with E-state index < -0.39 is 19.3 Å². The van der Waals surface area contributed by atoms with Crippen LogP contribution in [-0.4, -0.2) is 0 Å². The van der Waals surface area contributed by atoms with Gasteiger partial charge in [0, 0.05) is 8.22 Å². The quantitative estimate of drug-likeness (QED) is 0.417. The Balaban J connectivity index is 4.66. The summed E-state index contributed by atoms with van der Waals surface area (Å²) in [6, 6.07) is 0. The lowest BCUT2D eigenvalue weighted by molar-refractivity contribution is 0.958. The second-order valence-corrected chi connectivity index (χ2v) is 3.59. The Bertz CT molecular complexity index is 416. The summed E-state index contributed by atoms with van der Waals surface area (Å²) in [7, 11) is 0. The van der Waals surface area contributed by atoms with Gasteiger partial charge in [0.15, 0.2) is 0 Å². The Labute approximate surface area is 104 Å². The van der Waals surface area contributed by atoms with Crippen LogP contribution in [0.1, 0.15) is 55.0 Å². The Morgan fingerprint density at radius 1 is 1.20 bits per heavy atom. The number of hydrogen-bond acceptors (Lipinski definition) is 0. The highest BCUT2D eigenvalue weighted by Crippen LogP contribution is 2.08. The van der Waals surface area contributed by atoms with Crippen LogP contribution in [0.25, 0.3) is 0 Å². The highest BCUT2D eigenvalue weighted by atomic mass is 13.9. The molecule has 0 amide bonds. The molecule has 0 aliphatic rings. The summed E-state index contributed by atoms with van der Waals surface area (Å²) < 4.78 is 43.7. The van der Waals surface area contributed by atoms with Gasteiger partial charge in [-0.05, 0) is 46.8 Å². The van der Waals surface area contributed by atoms with Crippen LogP contribution >= 0.6 is 0 Å². The van der Waals surface area contributed by atoms with Gasteiger partial charge >= 0.3 is 0 Å². The first-order valence-electron chi connectivity index (χ1n) is 8.14. The number of allylic oxidation sites excluding steroid dienone is 7. The standard InChI is InChI=1S/C15H24/c1-6-14(4)10-8-12-15(5)11-7-9-13(2)3/h6,9-10,12H,1,7-8,11H2,2-5H3/b14-10+,15-12+/i2D3,3D3. The molecule has 0 aromatic heterocycles. The van der Waals surface area contributed by atoms with E-state index in [1.165, 1.54) is 6.08 Å². The molecule has 0 heterocycles. The first-order chi connectivity index (χ1) is 9.48. The highest BCUT2D eigenvalue weighted by Gasteiger charge is 1.88. The van der Waals surface area contributed by atoms with Gasteiger partial charge in [-0.15, -0.1) is 0 Å². The van der Waals surface area contributed by atoms with Gasteiger partial charge in [-0.3, -0.25) is 0 Å². The molecule has 0 atom stereocenters. The first-order valence-corrected chi connectivity index (χ1v) is 5.14. The van der Waals surface area contributed by atoms with E-state index in [0.29, 0.717) is 12.8 Å². The summed E-state index contributed by atoms with van der Waals surface area (Å²) in [5.74, 6) is 0. The molecule has 0 rings (SSSR count). The molecule has 0 bridgehead atoms. The van der Waals surface area contributed by atoms with Crippen LogP contribution < -0.4 is 0 Å². The molecular weight excluding hydrogens is 180 g/mol. The largest absolute Gasteiger partial charge is 0.0988 e. The van der Waals surface area contributed by atoms with Crippen LogP contribution in [0.4, 0.5) is 0 Å². The second kappa shape index (κ2) is 8.28. The van der Waals surface area contributed by atoms with E-state index in [9.17, 15) is 0 Å². The van der Waals surface area contributed by atoms with Crippen molar-refractivity contribution >= 4 is 0 Å². The van der Waals surface area contributed by atoms with Crippen molar-refractivity contribution in [3.8, 4) is 0 Å². The van der Waals surface area contributed by atoms with Crippen molar-refractivity contribution < 1.29 is 8.22 Å². The van der Waals surface area contributed by atoms with Gasteiger partial charge in [0.1, 0.15) is 0 Å². The van der Waals surface area contributed by atoms with Crippen LogP contribution in [0.5, 0.6) is 0 Å². The molecule has 0 saturated heterocycles. The molecule has 0 heteroatoms. The third kappa shape index (κ3) is 9.27. The van der Waals surface area contributed by atoms with E-state index in [4.69, 9.17) is 8.22 Å². The maximum atomic E-state index is 7.28. The van der Waals surface area contributed by atoms with Gasteiger partial charge in [-0.25, -0.2) is 0 Å². The Hall–Kier alpha value is -1.04. The predicted molar refractivity (Wildman–Crippen MR) is 71.0 cm³/mol. The summed E-state index contributed by atoms with van der Waals surface area (Å²) in [5, 5.41) is 0. The molecule has 0 spiro atoms. The summed E-state index contributed by atoms with van der Waals surface area (Å²) in [5.41, 5.74) is 1.77. The van der Waals surface area contributed by atoms with Crippen molar-refractivity contribution in [2.24, 2.45) is 0 Å². The van der Waals surface area contributed by atoms with Crippen molar-refractivity contribution in [3.63, 3.8) is 0 Å². The minimum Gasteiger partial charge on any atom is -0.0988 e. The van der Waals surface area contributed by atoms with Crippen molar-refractivity contribution in [2.75, 3.05) is 0 Å². The minimum absolute atomic E-state index is 0.415. The SMILES string of the molecule is [2H]C([2H])([2H])C(=CCC/C(C)=C/C/C=C(\C)C=C)C([2H])([2H])[2H]. The lowest BCUT2D eigenvalue weighted by Crippen LogP contribution is -1.77. The molecule has 0 aliphatic carbocycles. The summed E-state index contributed by atoms with van der Waals surface area (Å²) in [6.07, 6.45) is 9.06. The van der Waals surface area contributed by atoms with Crippen molar-refractivity contribution in [1.82, 2.24) is 0 Å². The lowest BCUT2D eigenvalue weighted by Gasteiger charge is -1.98. The van der Waals surface area contributed by atoms with Gasteiger partial charge in [-0.2, -0.15) is 0 Å². The van der Waals surface area contributed by atoms with Gasteiger partial charge in [-0.1, -0.05) is 47.6 Å². The third-order valence-electron chi connectivity index (χ3n) is 2.12. The normalized spacial score (nSPS) is 20.1. The van der Waals surface area contributed by atoms with E-state index >= 15 is 0 Å². The van der Waals surface area contributed by atoms with Crippen molar-refractivity contribution in [2.45, 2.75) is 46.8 Å². The Kier molecular flexibility index (Phi) is 3.60. The third-order valence-corrected chi connectivity index (χ3v) is 2.12. The molecule has 0 aliphatic heterocycles. The molecule has 0 radical (unpaired) electrons. The van der Waals surface area contributed by atoms with Crippen LogP contribution in [0.3, 0.4) is 0 Å². The molecule has 0 unspecified atom stereocenters. The fraction of sp³-hybridized carbons (Fsp3) is 0.467. The summed E-state index contributed by atoms with van der Waals surface area (Å²) in [4.78, 5) is 0. The monoisotopic (exact) mass is 210 g/mol. The molecule has 15 heavy (non-hydrogen) atoms. The average Bonchev–Trinajstić information content (AvgIpc) is 2.31. The highest BCUT2D eigenvalue weighted by molar-refractivity contribution is 5.15. The second-order valence-electron chi connectivity index (χ2n) is 3.59. The molecule has 84 valence electrons. The first kappa shape index (κ1) is 6.52. The molecule has 0 saturated carbocycles. The summed E-state index contributed by atoms with van der Waals surface area (Å²) in [6.45, 7) is 2.47. The maximum Gasteiger partial charge on any atom is 0.0276 e. The van der Waals surface area contributed by atoms with Crippen LogP contribution in [0.2, 0.25) is 0 Å². The molecule has 0 N–H and O–H groups in total. The smallest absolute Gasteiger partial charge is 0.0276 e. The van der Waals surface area contributed by atoms with Crippen molar-refractivity contribution in [3.05, 3.63) is 47.6 Å². The van der Waals surface area contributed by atoms with E-state index in [2.05, 4.69) is 6.58 Å². The molecule has 0 fully saturated rings. The number of rotatable bonds is 6. The fourth-order valence-corrected chi connectivity index (χ4v) is 1.08. The maximum absolute atomic E-state index is 7.28. The van der Waals surface area contributed by atoms with Gasteiger partial charge in [0.25, 0.3) is 0 Å². The molecular formula is C15H24.